The first-order valence-electron chi connectivity index (χ1n) is 34.3. The zero-order valence-electron chi connectivity index (χ0n) is 53.9. The molecule has 17 nitrogen and oxygen atoms in total. The minimum Gasteiger partial charge on any atom is -0.462 e. The van der Waals surface area contributed by atoms with E-state index in [0.717, 1.165) is 109 Å². The number of hydrogen-bond acceptors (Lipinski definition) is 15. The molecule has 84 heavy (non-hydrogen) atoms. The highest BCUT2D eigenvalue weighted by Crippen LogP contribution is 2.45. The van der Waals surface area contributed by atoms with Gasteiger partial charge in [0.15, 0.2) is 12.2 Å². The fraction of sp³-hybridized carbons (Fsp3) is 0.938. The van der Waals surface area contributed by atoms with Gasteiger partial charge >= 0.3 is 39.5 Å². The topological polar surface area (TPSA) is 237 Å². The van der Waals surface area contributed by atoms with Crippen molar-refractivity contribution in [1.29, 1.82) is 0 Å². The van der Waals surface area contributed by atoms with Crippen molar-refractivity contribution in [1.82, 2.24) is 0 Å². The number of phosphoric ester groups is 2. The third kappa shape index (κ3) is 59.0. The van der Waals surface area contributed by atoms with Crippen molar-refractivity contribution < 1.29 is 80.2 Å². The Bertz CT molecular complexity index is 1620. The Kier molecular flexibility index (Phi) is 58.6. The molecule has 0 aliphatic heterocycles. The molecule has 19 heteroatoms. The van der Waals surface area contributed by atoms with E-state index in [1.54, 1.807) is 0 Å². The van der Waals surface area contributed by atoms with Gasteiger partial charge in [0, 0.05) is 25.7 Å². The average Bonchev–Trinajstić information content (AvgIpc) is 3.54. The highest BCUT2D eigenvalue weighted by molar-refractivity contribution is 7.47. The Labute approximate surface area is 511 Å². The SMILES string of the molecule is CCCCCCCCCCCCCCCCCC(=O)O[C@H](COC(=O)CCCCCCCC)COP(=O)(O)OC[C@@H](O)COP(=O)(O)OC[C@@H](COC(=O)CCCCCCCCCC)OC(=O)CCCCCCCCCCCCCCCCC. The van der Waals surface area contributed by atoms with Crippen molar-refractivity contribution >= 4 is 39.5 Å². The largest absolute Gasteiger partial charge is 0.472 e. The summed E-state index contributed by atoms with van der Waals surface area (Å²) < 4.78 is 67.9. The predicted octanol–water partition coefficient (Wildman–Crippen LogP) is 18.3. The third-order valence-corrected chi connectivity index (χ3v) is 17.0. The quantitative estimate of drug-likeness (QED) is 0.0222. The summed E-state index contributed by atoms with van der Waals surface area (Å²) in [6.07, 6.45) is 46.0. The Morgan fingerprint density at radius 2 is 0.476 bits per heavy atom. The second-order valence-electron chi connectivity index (χ2n) is 23.5. The summed E-state index contributed by atoms with van der Waals surface area (Å²) in [5.41, 5.74) is 0. The number of carbonyl (C=O) groups is 4. The number of unbranched alkanes of at least 4 members (excludes halogenated alkanes) is 40. The Hall–Kier alpha value is -1.94. The molecule has 0 aliphatic carbocycles. The zero-order chi connectivity index (χ0) is 61.9. The first-order chi connectivity index (χ1) is 40.7. The lowest BCUT2D eigenvalue weighted by molar-refractivity contribution is -0.161. The molecule has 0 radical (unpaired) electrons. The maximum Gasteiger partial charge on any atom is 0.472 e. The van der Waals surface area contributed by atoms with Gasteiger partial charge in [-0.2, -0.15) is 0 Å². The summed E-state index contributed by atoms with van der Waals surface area (Å²) in [6, 6.07) is 0. The van der Waals surface area contributed by atoms with Crippen LogP contribution in [0.2, 0.25) is 0 Å². The van der Waals surface area contributed by atoms with Gasteiger partial charge in [0.1, 0.15) is 19.3 Å². The molecular weight excluding hydrogens is 1110 g/mol. The van der Waals surface area contributed by atoms with E-state index in [2.05, 4.69) is 27.7 Å². The molecule has 0 aromatic rings. The van der Waals surface area contributed by atoms with Gasteiger partial charge in [-0.3, -0.25) is 37.3 Å². The van der Waals surface area contributed by atoms with Gasteiger partial charge in [0.25, 0.3) is 0 Å². The van der Waals surface area contributed by atoms with Gasteiger partial charge in [0.05, 0.1) is 26.4 Å². The fourth-order valence-electron chi connectivity index (χ4n) is 9.81. The van der Waals surface area contributed by atoms with Crippen LogP contribution >= 0.6 is 15.6 Å². The van der Waals surface area contributed by atoms with Crippen molar-refractivity contribution in [3.05, 3.63) is 0 Å². The highest BCUT2D eigenvalue weighted by Gasteiger charge is 2.30. The molecule has 0 saturated heterocycles. The van der Waals surface area contributed by atoms with Crippen LogP contribution in [0.3, 0.4) is 0 Å². The number of esters is 4. The van der Waals surface area contributed by atoms with Gasteiger partial charge < -0.3 is 33.8 Å². The van der Waals surface area contributed by atoms with Crippen molar-refractivity contribution in [3.8, 4) is 0 Å². The summed E-state index contributed by atoms with van der Waals surface area (Å²) in [5.74, 6) is -2.14. The van der Waals surface area contributed by atoms with E-state index in [9.17, 15) is 43.2 Å². The monoisotopic (exact) mass is 1240 g/mol. The lowest BCUT2D eigenvalue weighted by atomic mass is 10.0. The molecule has 0 rings (SSSR count). The summed E-state index contributed by atoms with van der Waals surface area (Å²) in [4.78, 5) is 72.0. The smallest absolute Gasteiger partial charge is 0.462 e. The van der Waals surface area contributed by atoms with E-state index in [1.807, 2.05) is 0 Å². The normalized spacial score (nSPS) is 14.1. The van der Waals surface area contributed by atoms with Crippen molar-refractivity contribution in [2.75, 3.05) is 39.6 Å². The lowest BCUT2D eigenvalue weighted by Crippen LogP contribution is -2.30. The summed E-state index contributed by atoms with van der Waals surface area (Å²) in [7, 11) is -9.88. The Morgan fingerprint density at radius 3 is 0.702 bits per heavy atom. The highest BCUT2D eigenvalue weighted by atomic mass is 31.2. The molecule has 0 aromatic carbocycles. The van der Waals surface area contributed by atoms with Crippen LogP contribution in [0.1, 0.15) is 336 Å². The summed E-state index contributed by atoms with van der Waals surface area (Å²) >= 11 is 0. The molecule has 0 saturated carbocycles. The molecule has 0 bridgehead atoms. The number of aliphatic hydroxyl groups is 1. The van der Waals surface area contributed by atoms with Crippen molar-refractivity contribution in [2.45, 2.75) is 354 Å². The van der Waals surface area contributed by atoms with Crippen LogP contribution in [-0.2, 0) is 65.4 Å². The zero-order valence-corrected chi connectivity index (χ0v) is 55.7. The van der Waals surface area contributed by atoms with E-state index in [0.29, 0.717) is 25.7 Å². The van der Waals surface area contributed by atoms with Crippen LogP contribution in [0, 0.1) is 0 Å². The number of phosphoric acid groups is 2. The van der Waals surface area contributed by atoms with E-state index < -0.39 is 97.5 Å². The number of rotatable bonds is 66. The number of ether oxygens (including phenoxy) is 4. The van der Waals surface area contributed by atoms with E-state index in [1.165, 1.54) is 148 Å². The molecule has 498 valence electrons. The van der Waals surface area contributed by atoms with Crippen LogP contribution in [0.25, 0.3) is 0 Å². The standard InChI is InChI=1S/C65H126O17P2/c1-5-9-13-17-21-24-26-28-30-32-34-36-39-43-47-51-64(69)81-60(55-75-62(67)49-45-41-20-16-12-8-4)57-79-83(71,72)77-53-59(66)54-78-84(73,74)80-58-61(56-76-63(68)50-46-42-38-23-19-15-11-7-3)82-65(70)52-48-44-40-37-35-33-31-29-27-25-22-18-14-10-6-2/h59-61,66H,5-58H2,1-4H3,(H,71,72)(H,73,74)/t59-,60-,61-/m1/s1. The molecule has 0 spiro atoms. The molecule has 3 N–H and O–H groups in total. The minimum atomic E-state index is -4.94. The van der Waals surface area contributed by atoms with Gasteiger partial charge in [-0.15, -0.1) is 0 Å². The summed E-state index contributed by atoms with van der Waals surface area (Å²) in [6.45, 7) is 4.83. The Balaban J connectivity index is 5.13. The maximum absolute atomic E-state index is 13.0. The number of carbonyl (C=O) groups excluding carboxylic acids is 4. The molecule has 0 aromatic heterocycles. The van der Waals surface area contributed by atoms with Gasteiger partial charge in [-0.25, -0.2) is 9.13 Å². The fourth-order valence-corrected chi connectivity index (χ4v) is 11.4. The van der Waals surface area contributed by atoms with Gasteiger partial charge in [-0.1, -0.05) is 285 Å². The van der Waals surface area contributed by atoms with Crippen LogP contribution in [0.5, 0.6) is 0 Å². The van der Waals surface area contributed by atoms with E-state index in [-0.39, 0.29) is 25.7 Å². The van der Waals surface area contributed by atoms with Gasteiger partial charge in [0.2, 0.25) is 0 Å². The van der Waals surface area contributed by atoms with Crippen molar-refractivity contribution in [3.63, 3.8) is 0 Å². The van der Waals surface area contributed by atoms with Crippen LogP contribution in [0.15, 0.2) is 0 Å². The second kappa shape index (κ2) is 60.0. The molecule has 0 fully saturated rings. The van der Waals surface area contributed by atoms with Crippen LogP contribution in [0.4, 0.5) is 0 Å². The molecule has 2 unspecified atom stereocenters. The van der Waals surface area contributed by atoms with E-state index in [4.69, 9.17) is 37.0 Å². The van der Waals surface area contributed by atoms with E-state index >= 15 is 0 Å². The molecule has 5 atom stereocenters. The van der Waals surface area contributed by atoms with Gasteiger partial charge in [-0.05, 0) is 25.7 Å². The molecular formula is C65H126O17P2. The van der Waals surface area contributed by atoms with Crippen LogP contribution in [-0.4, -0.2) is 96.7 Å². The first kappa shape index (κ1) is 82.1. The minimum absolute atomic E-state index is 0.108. The third-order valence-electron chi connectivity index (χ3n) is 15.1. The second-order valence-corrected chi connectivity index (χ2v) is 26.4. The predicted molar refractivity (Wildman–Crippen MR) is 335 cm³/mol. The molecule has 0 amide bonds. The molecule has 0 heterocycles. The first-order valence-corrected chi connectivity index (χ1v) is 37.3. The number of hydrogen-bond donors (Lipinski definition) is 3. The number of aliphatic hydroxyl groups excluding tert-OH is 1. The molecule has 0 aliphatic rings. The lowest BCUT2D eigenvalue weighted by Gasteiger charge is -2.21. The van der Waals surface area contributed by atoms with Crippen molar-refractivity contribution in [2.24, 2.45) is 0 Å². The summed E-state index contributed by atoms with van der Waals surface area (Å²) in [5, 5.41) is 10.5. The van der Waals surface area contributed by atoms with Crippen LogP contribution < -0.4 is 0 Å². The maximum atomic E-state index is 13.0. The average molecular weight is 1240 g/mol. The Morgan fingerprint density at radius 1 is 0.286 bits per heavy atom.